The maximum absolute atomic E-state index is 11.3. The second-order valence-electron chi connectivity index (χ2n) is 4.93. The van der Waals surface area contributed by atoms with Crippen LogP contribution in [-0.4, -0.2) is 29.2 Å². The van der Waals surface area contributed by atoms with Crippen molar-refractivity contribution in [3.05, 3.63) is 0 Å². The third kappa shape index (κ3) is 2.06. The van der Waals surface area contributed by atoms with Gasteiger partial charge in [-0.25, -0.2) is 9.59 Å². The van der Waals surface area contributed by atoms with Gasteiger partial charge in [0.15, 0.2) is 0 Å². The molecule has 0 bridgehead atoms. The number of carboxylic acids is 1. The van der Waals surface area contributed by atoms with E-state index < -0.39 is 23.5 Å². The van der Waals surface area contributed by atoms with Gasteiger partial charge in [0.05, 0.1) is 0 Å². The number of rotatable bonds is 2. The highest BCUT2D eigenvalue weighted by Gasteiger charge is 2.47. The number of carboxylic acid groups (broad SMARTS) is 1. The highest BCUT2D eigenvalue weighted by Crippen LogP contribution is 2.32. The predicted molar refractivity (Wildman–Crippen MR) is 55.5 cm³/mol. The Hall–Kier alpha value is -1.26. The minimum absolute atomic E-state index is 0.132. The second-order valence-corrected chi connectivity index (χ2v) is 4.93. The summed E-state index contributed by atoms with van der Waals surface area (Å²) in [6, 6.07) is -1.37. The first-order chi connectivity index (χ1) is 6.76. The summed E-state index contributed by atoms with van der Waals surface area (Å²) in [5.41, 5.74) is -0.506. The van der Waals surface area contributed by atoms with E-state index >= 15 is 0 Å². The van der Waals surface area contributed by atoms with Crippen LogP contribution in [0.2, 0.25) is 0 Å². The van der Waals surface area contributed by atoms with Crippen LogP contribution in [-0.2, 0) is 4.79 Å². The summed E-state index contributed by atoms with van der Waals surface area (Å²) < 4.78 is 0. The predicted octanol–water partition coefficient (Wildman–Crippen LogP) is 0.803. The lowest BCUT2D eigenvalue weighted by atomic mass is 9.72. The molecule has 1 saturated heterocycles. The Morgan fingerprint density at radius 1 is 1.40 bits per heavy atom. The summed E-state index contributed by atoms with van der Waals surface area (Å²) in [6.45, 7) is 7.64. The molecular weight excluding hydrogens is 196 g/mol. The monoisotopic (exact) mass is 214 g/mol. The van der Waals surface area contributed by atoms with Crippen LogP contribution in [0.5, 0.6) is 0 Å². The summed E-state index contributed by atoms with van der Waals surface area (Å²) >= 11 is 0. The molecule has 5 heteroatoms. The number of aliphatic carboxylic acids is 1. The van der Waals surface area contributed by atoms with Crippen LogP contribution in [0, 0.1) is 11.3 Å². The van der Waals surface area contributed by atoms with Crippen molar-refractivity contribution in [3.8, 4) is 0 Å². The number of carbonyl (C=O) groups excluding carboxylic acids is 1. The van der Waals surface area contributed by atoms with Crippen molar-refractivity contribution in [1.29, 1.82) is 0 Å². The lowest BCUT2D eigenvalue weighted by Crippen LogP contribution is -2.68. The van der Waals surface area contributed by atoms with Crippen LogP contribution in [0.1, 0.15) is 27.7 Å². The van der Waals surface area contributed by atoms with Crippen LogP contribution in [0.3, 0.4) is 0 Å². The van der Waals surface area contributed by atoms with E-state index in [4.69, 9.17) is 5.11 Å². The fourth-order valence-corrected chi connectivity index (χ4v) is 2.27. The van der Waals surface area contributed by atoms with Gasteiger partial charge >= 0.3 is 12.0 Å². The Bertz CT molecular complexity index is 286. The average molecular weight is 214 g/mol. The minimum atomic E-state index is -0.986. The van der Waals surface area contributed by atoms with Crippen LogP contribution in [0.4, 0.5) is 4.79 Å². The van der Waals surface area contributed by atoms with Crippen molar-refractivity contribution in [1.82, 2.24) is 10.6 Å². The molecule has 2 amide bonds. The SMILES string of the molecule is CC(C)[C@@H]1NC(=O)N[C@@H](C(=O)O)C1(C)C. The molecule has 0 spiro atoms. The number of hydrogen-bond acceptors (Lipinski definition) is 2. The molecule has 15 heavy (non-hydrogen) atoms. The Kier molecular flexibility index (Phi) is 2.93. The normalized spacial score (nSPS) is 29.5. The van der Waals surface area contributed by atoms with Crippen LogP contribution >= 0.6 is 0 Å². The van der Waals surface area contributed by atoms with Crippen molar-refractivity contribution >= 4 is 12.0 Å². The van der Waals surface area contributed by atoms with E-state index in [1.165, 1.54) is 0 Å². The summed E-state index contributed by atoms with van der Waals surface area (Å²) in [6.07, 6.45) is 0. The number of amides is 2. The molecule has 1 aliphatic heterocycles. The first-order valence-electron chi connectivity index (χ1n) is 5.06. The molecule has 1 heterocycles. The molecule has 86 valence electrons. The lowest BCUT2D eigenvalue weighted by Gasteiger charge is -2.45. The molecule has 0 saturated carbocycles. The summed E-state index contributed by atoms with van der Waals surface area (Å²) in [5, 5.41) is 14.3. The molecule has 1 aliphatic rings. The summed E-state index contributed by atoms with van der Waals surface area (Å²) in [4.78, 5) is 22.3. The van der Waals surface area contributed by atoms with Gasteiger partial charge in [0.1, 0.15) is 6.04 Å². The maximum atomic E-state index is 11.3. The molecule has 0 aromatic rings. The van der Waals surface area contributed by atoms with Gasteiger partial charge in [-0.15, -0.1) is 0 Å². The van der Waals surface area contributed by atoms with Crippen LogP contribution < -0.4 is 10.6 Å². The molecule has 5 nitrogen and oxygen atoms in total. The van der Waals surface area contributed by atoms with E-state index in [-0.39, 0.29) is 12.0 Å². The first-order valence-corrected chi connectivity index (χ1v) is 5.06. The van der Waals surface area contributed by atoms with E-state index in [9.17, 15) is 9.59 Å². The van der Waals surface area contributed by atoms with Gasteiger partial charge in [0, 0.05) is 11.5 Å². The van der Waals surface area contributed by atoms with Gasteiger partial charge in [0.2, 0.25) is 0 Å². The smallest absolute Gasteiger partial charge is 0.326 e. The lowest BCUT2D eigenvalue weighted by molar-refractivity contribution is -0.143. The van der Waals surface area contributed by atoms with Gasteiger partial charge < -0.3 is 15.7 Å². The van der Waals surface area contributed by atoms with Crippen LogP contribution in [0.15, 0.2) is 0 Å². The van der Waals surface area contributed by atoms with E-state index in [0.29, 0.717) is 0 Å². The molecule has 0 radical (unpaired) electrons. The van der Waals surface area contributed by atoms with Crippen LogP contribution in [0.25, 0.3) is 0 Å². The summed E-state index contributed by atoms with van der Waals surface area (Å²) in [7, 11) is 0. The number of carbonyl (C=O) groups is 2. The standard InChI is InChI=1S/C10H18N2O3/c1-5(2)6-10(3,4)7(8(13)14)12-9(15)11-6/h5-7H,1-4H3,(H,13,14)(H2,11,12,15)/t6-,7-/m0/s1. The van der Waals surface area contributed by atoms with E-state index in [2.05, 4.69) is 10.6 Å². The van der Waals surface area contributed by atoms with Crippen molar-refractivity contribution < 1.29 is 14.7 Å². The Morgan fingerprint density at radius 3 is 2.33 bits per heavy atom. The highest BCUT2D eigenvalue weighted by molar-refractivity contribution is 5.85. The molecule has 0 aromatic heterocycles. The van der Waals surface area contributed by atoms with Gasteiger partial charge in [-0.1, -0.05) is 27.7 Å². The zero-order valence-corrected chi connectivity index (χ0v) is 9.50. The van der Waals surface area contributed by atoms with Gasteiger partial charge in [-0.05, 0) is 5.92 Å². The fraction of sp³-hybridized carbons (Fsp3) is 0.800. The number of urea groups is 1. The Morgan fingerprint density at radius 2 is 1.93 bits per heavy atom. The van der Waals surface area contributed by atoms with Crippen molar-refractivity contribution in [3.63, 3.8) is 0 Å². The van der Waals surface area contributed by atoms with Gasteiger partial charge in [-0.2, -0.15) is 0 Å². The quantitative estimate of drug-likeness (QED) is 0.636. The van der Waals surface area contributed by atoms with Crippen molar-refractivity contribution in [2.45, 2.75) is 39.8 Å². The first kappa shape index (κ1) is 11.8. The molecule has 3 N–H and O–H groups in total. The highest BCUT2D eigenvalue weighted by atomic mass is 16.4. The number of nitrogens with one attached hydrogen (secondary N) is 2. The third-order valence-corrected chi connectivity index (χ3v) is 3.02. The fourth-order valence-electron chi connectivity index (χ4n) is 2.27. The Balaban J connectivity index is 3.00. The molecular formula is C10H18N2O3. The van der Waals surface area contributed by atoms with Gasteiger partial charge in [0.25, 0.3) is 0 Å². The second kappa shape index (κ2) is 3.72. The molecule has 0 aliphatic carbocycles. The van der Waals surface area contributed by atoms with Crippen molar-refractivity contribution in [2.24, 2.45) is 11.3 Å². The zero-order valence-electron chi connectivity index (χ0n) is 9.50. The van der Waals surface area contributed by atoms with Gasteiger partial charge in [-0.3, -0.25) is 0 Å². The summed E-state index contributed by atoms with van der Waals surface area (Å²) in [5.74, 6) is -0.784. The molecule has 2 atom stereocenters. The van der Waals surface area contributed by atoms with E-state index in [0.717, 1.165) is 0 Å². The minimum Gasteiger partial charge on any atom is -0.480 e. The van der Waals surface area contributed by atoms with E-state index in [1.807, 2.05) is 27.7 Å². The molecule has 0 unspecified atom stereocenters. The largest absolute Gasteiger partial charge is 0.480 e. The molecule has 0 aromatic carbocycles. The topological polar surface area (TPSA) is 78.4 Å². The zero-order chi connectivity index (χ0) is 11.8. The average Bonchev–Trinajstić information content (AvgIpc) is 2.07. The van der Waals surface area contributed by atoms with Crippen molar-refractivity contribution in [2.75, 3.05) is 0 Å². The molecule has 1 rings (SSSR count). The third-order valence-electron chi connectivity index (χ3n) is 3.02. The Labute approximate surface area is 89.2 Å². The maximum Gasteiger partial charge on any atom is 0.326 e. The molecule has 1 fully saturated rings. The number of hydrogen-bond donors (Lipinski definition) is 3. The van der Waals surface area contributed by atoms with E-state index in [1.54, 1.807) is 0 Å².